The van der Waals surface area contributed by atoms with Gasteiger partial charge in [0.2, 0.25) is 5.88 Å². The van der Waals surface area contributed by atoms with Gasteiger partial charge in [-0.3, -0.25) is 0 Å². The lowest BCUT2D eigenvalue weighted by Crippen LogP contribution is -1.89. The molecule has 3 aromatic rings. The molecule has 0 unspecified atom stereocenters. The van der Waals surface area contributed by atoms with Crippen LogP contribution in [0.2, 0.25) is 0 Å². The number of nitrogen functional groups attached to an aromatic ring is 1. The van der Waals surface area contributed by atoms with Crippen LogP contribution in [0.1, 0.15) is 12.5 Å². The van der Waals surface area contributed by atoms with E-state index < -0.39 is 0 Å². The van der Waals surface area contributed by atoms with E-state index in [9.17, 15) is 0 Å². The van der Waals surface area contributed by atoms with E-state index in [-0.39, 0.29) is 0 Å². The predicted octanol–water partition coefficient (Wildman–Crippen LogP) is 4.98. The van der Waals surface area contributed by atoms with Crippen molar-refractivity contribution < 1.29 is 4.52 Å². The minimum absolute atomic E-state index is 0.349. The zero-order valence-corrected chi connectivity index (χ0v) is 13.3. The fourth-order valence-electron chi connectivity index (χ4n) is 2.20. The lowest BCUT2D eigenvalue weighted by molar-refractivity contribution is 0.439. The Kier molecular flexibility index (Phi) is 3.63. The molecule has 0 aliphatic rings. The van der Waals surface area contributed by atoms with Crippen LogP contribution in [0.5, 0.6) is 0 Å². The van der Waals surface area contributed by atoms with Gasteiger partial charge in [0.1, 0.15) is 5.69 Å². The summed E-state index contributed by atoms with van der Waals surface area (Å²) in [6, 6.07) is 10.1. The Balaban J connectivity index is 2.23. The fraction of sp³-hybridized carbons (Fsp3) is 0.133. The average molecular weight is 349 g/mol. The molecule has 0 spiro atoms. The van der Waals surface area contributed by atoms with Crippen LogP contribution in [0.4, 0.5) is 5.88 Å². The van der Waals surface area contributed by atoms with Crippen molar-refractivity contribution in [3.8, 4) is 21.7 Å². The number of hydrogen-bond donors (Lipinski definition) is 1. The summed E-state index contributed by atoms with van der Waals surface area (Å²) >= 11 is 5.23. The molecule has 0 atom stereocenters. The van der Waals surface area contributed by atoms with Crippen molar-refractivity contribution in [2.45, 2.75) is 13.3 Å². The highest BCUT2D eigenvalue weighted by Gasteiger charge is 2.21. The predicted molar refractivity (Wildman–Crippen MR) is 86.7 cm³/mol. The van der Waals surface area contributed by atoms with Gasteiger partial charge in [0.25, 0.3) is 0 Å². The number of halogens is 1. The molecule has 3 nitrogen and oxygen atoms in total. The average Bonchev–Trinajstić information content (AvgIpc) is 3.05. The first-order valence-electron chi connectivity index (χ1n) is 6.29. The van der Waals surface area contributed by atoms with Crippen molar-refractivity contribution in [2.75, 3.05) is 5.73 Å². The van der Waals surface area contributed by atoms with Crippen LogP contribution in [0.25, 0.3) is 21.7 Å². The molecule has 2 aromatic heterocycles. The van der Waals surface area contributed by atoms with Gasteiger partial charge in [-0.15, -0.1) is 11.3 Å². The van der Waals surface area contributed by atoms with E-state index in [1.807, 2.05) is 24.3 Å². The number of nitrogens with two attached hydrogens (primary N) is 1. The number of thiophene rings is 1. The fourth-order valence-corrected chi connectivity index (χ4v) is 3.67. The molecule has 2 N–H and O–H groups in total. The molecule has 1 aromatic carbocycles. The highest BCUT2D eigenvalue weighted by atomic mass is 79.9. The van der Waals surface area contributed by atoms with Gasteiger partial charge in [-0.2, -0.15) is 0 Å². The molecular formula is C15H13BrN2OS. The van der Waals surface area contributed by atoms with Crippen LogP contribution < -0.4 is 5.73 Å². The van der Waals surface area contributed by atoms with Crippen molar-refractivity contribution in [2.24, 2.45) is 0 Å². The van der Waals surface area contributed by atoms with Gasteiger partial charge in [-0.25, -0.2) is 0 Å². The van der Waals surface area contributed by atoms with Gasteiger partial charge >= 0.3 is 0 Å². The van der Waals surface area contributed by atoms with Crippen molar-refractivity contribution in [1.29, 1.82) is 0 Å². The molecule has 0 radical (unpaired) electrons. The summed E-state index contributed by atoms with van der Waals surface area (Å²) in [5.41, 5.74) is 9.93. The lowest BCUT2D eigenvalue weighted by atomic mass is 10.0. The van der Waals surface area contributed by atoms with Gasteiger partial charge < -0.3 is 10.3 Å². The summed E-state index contributed by atoms with van der Waals surface area (Å²) in [7, 11) is 0. The molecule has 2 heterocycles. The Morgan fingerprint density at radius 1 is 1.30 bits per heavy atom. The van der Waals surface area contributed by atoms with Gasteiger partial charge in [0.05, 0.1) is 10.4 Å². The second-order valence-electron chi connectivity index (χ2n) is 4.38. The number of aryl methyl sites for hydroxylation is 1. The van der Waals surface area contributed by atoms with E-state index in [1.54, 1.807) is 11.3 Å². The first-order chi connectivity index (χ1) is 9.72. The molecule has 0 saturated heterocycles. The lowest BCUT2D eigenvalue weighted by Gasteiger charge is -2.05. The third-order valence-corrected chi connectivity index (χ3v) is 4.86. The van der Waals surface area contributed by atoms with Crippen LogP contribution in [-0.2, 0) is 6.42 Å². The van der Waals surface area contributed by atoms with Crippen molar-refractivity contribution >= 4 is 33.2 Å². The maximum Gasteiger partial charge on any atom is 0.230 e. The largest absolute Gasteiger partial charge is 0.367 e. The number of hydrogen-bond acceptors (Lipinski definition) is 4. The Hall–Kier alpha value is -1.59. The molecule has 3 rings (SSSR count). The minimum Gasteiger partial charge on any atom is -0.367 e. The van der Waals surface area contributed by atoms with Crippen LogP contribution in [0.15, 0.2) is 44.7 Å². The standard InChI is InChI=1S/C15H13BrN2OS/c1-2-9-7-8-20-14(9)13-12(15(17)19-18-13)10-5-3-4-6-11(10)16/h3-8H,2,17H2,1H3. The van der Waals surface area contributed by atoms with E-state index in [0.717, 1.165) is 32.6 Å². The molecule has 0 aliphatic heterocycles. The molecular weight excluding hydrogens is 336 g/mol. The maximum absolute atomic E-state index is 5.99. The molecule has 0 fully saturated rings. The summed E-state index contributed by atoms with van der Waals surface area (Å²) in [6.45, 7) is 2.13. The molecule has 102 valence electrons. The zero-order chi connectivity index (χ0) is 14.1. The van der Waals surface area contributed by atoms with E-state index in [2.05, 4.69) is 39.5 Å². The van der Waals surface area contributed by atoms with Crippen LogP contribution in [0.3, 0.4) is 0 Å². The van der Waals surface area contributed by atoms with Gasteiger partial charge in [0.15, 0.2) is 0 Å². The van der Waals surface area contributed by atoms with E-state index in [0.29, 0.717) is 5.88 Å². The third kappa shape index (κ3) is 2.17. The Labute approximate surface area is 129 Å². The highest BCUT2D eigenvalue weighted by Crippen LogP contribution is 2.42. The van der Waals surface area contributed by atoms with Crippen LogP contribution >= 0.6 is 27.3 Å². The smallest absolute Gasteiger partial charge is 0.230 e. The number of anilines is 1. The maximum atomic E-state index is 5.99. The summed E-state index contributed by atoms with van der Waals surface area (Å²) in [4.78, 5) is 1.12. The van der Waals surface area contributed by atoms with Crippen LogP contribution in [0, 0.1) is 0 Å². The van der Waals surface area contributed by atoms with E-state index >= 15 is 0 Å². The van der Waals surface area contributed by atoms with E-state index in [4.69, 9.17) is 10.3 Å². The quantitative estimate of drug-likeness (QED) is 0.726. The monoisotopic (exact) mass is 348 g/mol. The minimum atomic E-state index is 0.349. The van der Waals surface area contributed by atoms with Crippen molar-refractivity contribution in [3.63, 3.8) is 0 Å². The number of aromatic nitrogens is 1. The second kappa shape index (κ2) is 5.42. The third-order valence-electron chi connectivity index (χ3n) is 3.20. The topological polar surface area (TPSA) is 52.0 Å². The summed E-state index contributed by atoms with van der Waals surface area (Å²) in [6.07, 6.45) is 0.959. The number of nitrogens with zero attached hydrogens (tertiary/aromatic N) is 1. The van der Waals surface area contributed by atoms with E-state index in [1.165, 1.54) is 5.56 Å². The van der Waals surface area contributed by atoms with Gasteiger partial charge in [-0.1, -0.05) is 46.2 Å². The number of rotatable bonds is 3. The SMILES string of the molecule is CCc1ccsc1-c1noc(N)c1-c1ccccc1Br. The summed E-state index contributed by atoms with van der Waals surface area (Å²) in [5, 5.41) is 6.25. The first-order valence-corrected chi connectivity index (χ1v) is 7.96. The normalized spacial score (nSPS) is 10.9. The molecule has 0 saturated carbocycles. The van der Waals surface area contributed by atoms with Crippen molar-refractivity contribution in [3.05, 3.63) is 45.7 Å². The van der Waals surface area contributed by atoms with Crippen LogP contribution in [-0.4, -0.2) is 5.16 Å². The summed E-state index contributed by atoms with van der Waals surface area (Å²) < 4.78 is 6.22. The highest BCUT2D eigenvalue weighted by molar-refractivity contribution is 9.10. The molecule has 5 heteroatoms. The summed E-state index contributed by atoms with van der Waals surface area (Å²) in [5.74, 6) is 0.349. The van der Waals surface area contributed by atoms with Crippen molar-refractivity contribution in [1.82, 2.24) is 5.16 Å². The molecule has 0 bridgehead atoms. The molecule has 0 aliphatic carbocycles. The Morgan fingerprint density at radius 2 is 2.10 bits per heavy atom. The Morgan fingerprint density at radius 3 is 2.85 bits per heavy atom. The number of benzene rings is 1. The second-order valence-corrected chi connectivity index (χ2v) is 6.15. The van der Waals surface area contributed by atoms with Gasteiger partial charge in [-0.05, 0) is 29.5 Å². The molecule has 0 amide bonds. The van der Waals surface area contributed by atoms with Gasteiger partial charge in [0, 0.05) is 10.0 Å². The Bertz CT molecular complexity index is 748. The molecule has 20 heavy (non-hydrogen) atoms. The zero-order valence-electron chi connectivity index (χ0n) is 10.9. The first kappa shape index (κ1) is 13.4.